The molecule has 1 N–H and O–H groups in total. The Morgan fingerprint density at radius 3 is 2.17 bits per heavy atom. The van der Waals surface area contributed by atoms with E-state index in [0.717, 1.165) is 0 Å². The van der Waals surface area contributed by atoms with Crippen LogP contribution >= 0.6 is 11.6 Å². The number of amides is 1. The van der Waals surface area contributed by atoms with Crippen LogP contribution in [0.2, 0.25) is 0 Å². The van der Waals surface area contributed by atoms with Gasteiger partial charge in [-0.2, -0.15) is 0 Å². The van der Waals surface area contributed by atoms with Crippen LogP contribution in [0.15, 0.2) is 0 Å². The molecule has 1 atom stereocenters. The Labute approximate surface area is 77.5 Å². The van der Waals surface area contributed by atoms with E-state index in [1.165, 1.54) is 6.92 Å². The lowest BCUT2D eigenvalue weighted by atomic mass is 10.0. The predicted octanol–water partition coefficient (Wildman–Crippen LogP) is 0.955. The summed E-state index contributed by atoms with van der Waals surface area (Å²) in [4.78, 5) is 21.8. The molecule has 0 aromatic heterocycles. The lowest BCUT2D eigenvalue weighted by molar-refractivity contribution is -0.126. The van der Waals surface area contributed by atoms with Crippen LogP contribution in [0.25, 0.3) is 0 Å². The predicted molar refractivity (Wildman–Crippen MR) is 48.2 cm³/mol. The van der Waals surface area contributed by atoms with Gasteiger partial charge in [0, 0.05) is 0 Å². The Hall–Kier alpha value is -0.570. The summed E-state index contributed by atoms with van der Waals surface area (Å²) in [6, 6.07) is -0.406. The maximum absolute atomic E-state index is 11.0. The zero-order valence-corrected chi connectivity index (χ0v) is 8.31. The minimum absolute atomic E-state index is 0.0385. The summed E-state index contributed by atoms with van der Waals surface area (Å²) in [6.45, 7) is 5.21. The van der Waals surface area contributed by atoms with E-state index >= 15 is 0 Å². The Morgan fingerprint density at radius 2 is 1.92 bits per heavy atom. The quantitative estimate of drug-likeness (QED) is 0.673. The topological polar surface area (TPSA) is 46.2 Å². The number of carbonyl (C=O) groups excluding carboxylic acids is 2. The largest absolute Gasteiger partial charge is 0.345 e. The number of halogens is 1. The van der Waals surface area contributed by atoms with Gasteiger partial charge in [-0.1, -0.05) is 13.8 Å². The van der Waals surface area contributed by atoms with Crippen molar-refractivity contribution in [2.75, 3.05) is 5.88 Å². The molecule has 0 aliphatic heterocycles. The van der Waals surface area contributed by atoms with Gasteiger partial charge in [-0.15, -0.1) is 11.6 Å². The van der Waals surface area contributed by atoms with Crippen LogP contribution in [-0.4, -0.2) is 23.6 Å². The van der Waals surface area contributed by atoms with Gasteiger partial charge in [0.25, 0.3) is 0 Å². The Balaban J connectivity index is 4.14. The number of rotatable bonds is 4. The number of nitrogens with one attached hydrogen (secondary N) is 1. The molecule has 1 amide bonds. The fourth-order valence-electron chi connectivity index (χ4n) is 0.950. The van der Waals surface area contributed by atoms with Crippen molar-refractivity contribution in [3.05, 3.63) is 0 Å². The van der Waals surface area contributed by atoms with Gasteiger partial charge in [-0.05, 0) is 12.8 Å². The number of carbonyl (C=O) groups is 2. The van der Waals surface area contributed by atoms with Crippen molar-refractivity contribution in [1.29, 1.82) is 0 Å². The molecule has 70 valence electrons. The number of alkyl halides is 1. The molecule has 0 aromatic carbocycles. The average molecular weight is 192 g/mol. The van der Waals surface area contributed by atoms with Crippen molar-refractivity contribution in [2.45, 2.75) is 26.8 Å². The van der Waals surface area contributed by atoms with Gasteiger partial charge in [0.2, 0.25) is 5.91 Å². The highest BCUT2D eigenvalue weighted by molar-refractivity contribution is 6.27. The summed E-state index contributed by atoms with van der Waals surface area (Å²) >= 11 is 5.28. The van der Waals surface area contributed by atoms with Crippen molar-refractivity contribution < 1.29 is 9.59 Å². The van der Waals surface area contributed by atoms with Crippen LogP contribution in [0.3, 0.4) is 0 Å². The number of hydrogen-bond acceptors (Lipinski definition) is 2. The van der Waals surface area contributed by atoms with Gasteiger partial charge in [0.1, 0.15) is 5.88 Å². The SMILES string of the molecule is CC(=O)[C@@H](NC(=O)CCl)C(C)C. The molecule has 12 heavy (non-hydrogen) atoms. The summed E-state index contributed by atoms with van der Waals surface area (Å²) in [6.07, 6.45) is 0. The van der Waals surface area contributed by atoms with Crippen molar-refractivity contribution in [3.63, 3.8) is 0 Å². The van der Waals surface area contributed by atoms with Crippen molar-refractivity contribution in [3.8, 4) is 0 Å². The number of Topliss-reactive ketones (excluding diaryl/α,β-unsaturated/α-hetero) is 1. The first-order valence-electron chi connectivity index (χ1n) is 3.84. The average Bonchev–Trinajstić information content (AvgIpc) is 1.98. The molecule has 0 radical (unpaired) electrons. The lowest BCUT2D eigenvalue weighted by Crippen LogP contribution is -2.43. The zero-order chi connectivity index (χ0) is 9.72. The Morgan fingerprint density at radius 1 is 1.42 bits per heavy atom. The number of ketones is 1. The van der Waals surface area contributed by atoms with E-state index in [-0.39, 0.29) is 23.5 Å². The summed E-state index contributed by atoms with van der Waals surface area (Å²) in [5.41, 5.74) is 0. The third-order valence-electron chi connectivity index (χ3n) is 1.54. The van der Waals surface area contributed by atoms with E-state index < -0.39 is 6.04 Å². The van der Waals surface area contributed by atoms with Crippen LogP contribution in [0, 0.1) is 5.92 Å². The van der Waals surface area contributed by atoms with Crippen molar-refractivity contribution in [1.82, 2.24) is 5.32 Å². The van der Waals surface area contributed by atoms with E-state index in [0.29, 0.717) is 0 Å². The smallest absolute Gasteiger partial charge is 0.235 e. The minimum Gasteiger partial charge on any atom is -0.345 e. The van der Waals surface area contributed by atoms with E-state index in [1.54, 1.807) is 0 Å². The highest BCUT2D eigenvalue weighted by atomic mass is 35.5. The highest BCUT2D eigenvalue weighted by Gasteiger charge is 2.19. The van der Waals surface area contributed by atoms with Crippen LogP contribution in [0.1, 0.15) is 20.8 Å². The molecule has 0 bridgehead atoms. The second-order valence-electron chi connectivity index (χ2n) is 3.03. The molecule has 4 heteroatoms. The summed E-state index contributed by atoms with van der Waals surface area (Å²) in [7, 11) is 0. The highest BCUT2D eigenvalue weighted by Crippen LogP contribution is 2.02. The van der Waals surface area contributed by atoms with Crippen molar-refractivity contribution >= 4 is 23.3 Å². The minimum atomic E-state index is -0.406. The van der Waals surface area contributed by atoms with E-state index in [9.17, 15) is 9.59 Å². The first-order valence-corrected chi connectivity index (χ1v) is 4.38. The van der Waals surface area contributed by atoms with E-state index in [2.05, 4.69) is 5.32 Å². The number of hydrogen-bond donors (Lipinski definition) is 1. The molecule has 0 saturated carbocycles. The molecule has 3 nitrogen and oxygen atoms in total. The molecular weight excluding hydrogens is 178 g/mol. The second kappa shape index (κ2) is 5.14. The van der Waals surface area contributed by atoms with Crippen LogP contribution < -0.4 is 5.32 Å². The van der Waals surface area contributed by atoms with Gasteiger partial charge >= 0.3 is 0 Å². The molecule has 0 saturated heterocycles. The summed E-state index contributed by atoms with van der Waals surface area (Å²) in [5.74, 6) is -0.333. The maximum atomic E-state index is 11.0. The van der Waals surface area contributed by atoms with Crippen molar-refractivity contribution in [2.24, 2.45) is 5.92 Å². The summed E-state index contributed by atoms with van der Waals surface area (Å²) < 4.78 is 0. The Kier molecular flexibility index (Phi) is 4.90. The standard InChI is InChI=1S/C8H14ClNO2/c1-5(2)8(6(3)11)10-7(12)4-9/h5,8H,4H2,1-3H3,(H,10,12)/t8-/m0/s1. The lowest BCUT2D eigenvalue weighted by Gasteiger charge is -2.18. The van der Waals surface area contributed by atoms with Gasteiger partial charge in [0.15, 0.2) is 5.78 Å². The second-order valence-corrected chi connectivity index (χ2v) is 3.30. The fourth-order valence-corrected chi connectivity index (χ4v) is 1.03. The molecular formula is C8H14ClNO2. The van der Waals surface area contributed by atoms with Crippen LogP contribution in [-0.2, 0) is 9.59 Å². The van der Waals surface area contributed by atoms with Gasteiger partial charge < -0.3 is 5.32 Å². The fraction of sp³-hybridized carbons (Fsp3) is 0.750. The third kappa shape index (κ3) is 3.72. The van der Waals surface area contributed by atoms with Crippen LogP contribution in [0.4, 0.5) is 0 Å². The van der Waals surface area contributed by atoms with E-state index in [4.69, 9.17) is 11.6 Å². The van der Waals surface area contributed by atoms with Gasteiger partial charge in [0.05, 0.1) is 6.04 Å². The molecule has 0 spiro atoms. The first kappa shape index (κ1) is 11.4. The summed E-state index contributed by atoms with van der Waals surface area (Å²) in [5, 5.41) is 2.55. The molecule has 0 aromatic rings. The van der Waals surface area contributed by atoms with Gasteiger partial charge in [-0.25, -0.2) is 0 Å². The van der Waals surface area contributed by atoms with Crippen LogP contribution in [0.5, 0.6) is 0 Å². The normalized spacial score (nSPS) is 12.8. The van der Waals surface area contributed by atoms with E-state index in [1.807, 2.05) is 13.8 Å². The molecule has 0 heterocycles. The third-order valence-corrected chi connectivity index (χ3v) is 1.79. The zero-order valence-electron chi connectivity index (χ0n) is 7.56. The Bertz CT molecular complexity index is 180. The molecule has 0 aliphatic carbocycles. The molecule has 0 rings (SSSR count). The monoisotopic (exact) mass is 191 g/mol. The molecule has 0 aliphatic rings. The van der Waals surface area contributed by atoms with Gasteiger partial charge in [-0.3, -0.25) is 9.59 Å². The maximum Gasteiger partial charge on any atom is 0.235 e. The molecule has 0 unspecified atom stereocenters. The molecule has 0 fully saturated rings. The first-order chi connectivity index (χ1) is 5.49.